The summed E-state index contributed by atoms with van der Waals surface area (Å²) < 4.78 is 1.28. The third kappa shape index (κ3) is 22.8. The molecule has 0 aromatic rings. The van der Waals surface area contributed by atoms with Crippen molar-refractivity contribution in [2.24, 2.45) is 5.92 Å². The molecule has 0 aromatic heterocycles. The lowest BCUT2D eigenvalue weighted by Crippen LogP contribution is -1.87. The highest BCUT2D eigenvalue weighted by Gasteiger charge is 1.85. The maximum atomic E-state index is 5.33. The zero-order valence-electron chi connectivity index (χ0n) is 6.70. The molecule has 0 nitrogen and oxygen atoms in total. The van der Waals surface area contributed by atoms with Crippen LogP contribution in [0.4, 0.5) is 0 Å². The summed E-state index contributed by atoms with van der Waals surface area (Å²) in [6.07, 6.45) is 0. The van der Waals surface area contributed by atoms with Crippen molar-refractivity contribution in [2.75, 3.05) is 10.3 Å². The van der Waals surface area contributed by atoms with E-state index in [1.807, 2.05) is 6.92 Å². The molecule has 0 aliphatic heterocycles. The molecule has 0 bridgehead atoms. The second-order valence-electron chi connectivity index (χ2n) is 2.48. The van der Waals surface area contributed by atoms with Crippen LogP contribution in [0.25, 0.3) is 0 Å². The first kappa shape index (κ1) is 13.9. The van der Waals surface area contributed by atoms with Crippen LogP contribution in [0.15, 0.2) is 0 Å². The molecule has 0 heterocycles. The maximum absolute atomic E-state index is 5.33. The van der Waals surface area contributed by atoms with Crippen molar-refractivity contribution in [2.45, 2.75) is 26.1 Å². The average Bonchev–Trinajstić information content (AvgIpc) is 1.89. The van der Waals surface area contributed by atoms with Crippen molar-refractivity contribution < 1.29 is 0 Å². The van der Waals surface area contributed by atoms with Gasteiger partial charge in [-0.25, -0.2) is 0 Å². The van der Waals surface area contributed by atoms with Gasteiger partial charge in [-0.3, -0.25) is 0 Å². The van der Waals surface area contributed by atoms with Gasteiger partial charge in [-0.05, 0) is 12.8 Å². The summed E-state index contributed by atoms with van der Waals surface area (Å²) in [6, 6.07) is 0. The minimum Gasteiger partial charge on any atom is -0.125 e. The molecular weight excluding hydrogens is 282 g/mol. The molecule has 64 valence electrons. The highest BCUT2D eigenvalue weighted by Crippen LogP contribution is 1.95. The van der Waals surface area contributed by atoms with Gasteiger partial charge in [0.25, 0.3) is 0 Å². The predicted molar refractivity (Wildman–Crippen MR) is 59.8 cm³/mol. The van der Waals surface area contributed by atoms with E-state index in [0.717, 1.165) is 5.92 Å². The Kier molecular flexibility index (Phi) is 14.3. The van der Waals surface area contributed by atoms with Gasteiger partial charge in [0.2, 0.25) is 0 Å². The second-order valence-corrected chi connectivity index (χ2v) is 4.42. The summed E-state index contributed by atoms with van der Waals surface area (Å²) in [5.41, 5.74) is 0. The van der Waals surface area contributed by atoms with E-state index in [1.165, 1.54) is 4.43 Å². The molecule has 0 saturated heterocycles. The fraction of sp³-hybridized carbons (Fsp3) is 1.00. The Morgan fingerprint density at radius 3 is 1.50 bits per heavy atom. The van der Waals surface area contributed by atoms with Gasteiger partial charge < -0.3 is 0 Å². The first-order valence-corrected chi connectivity index (χ1v) is 5.80. The molecule has 3 heteroatoms. The molecule has 0 amide bonds. The minimum absolute atomic E-state index is 0.122. The average molecular weight is 297 g/mol. The highest BCUT2D eigenvalue weighted by atomic mass is 127. The van der Waals surface area contributed by atoms with Crippen molar-refractivity contribution >= 4 is 45.8 Å². The SMILES string of the molecule is CC(C)CI.CC(Cl)CCl. The van der Waals surface area contributed by atoms with Gasteiger partial charge in [-0.1, -0.05) is 36.4 Å². The fourth-order valence-corrected chi connectivity index (χ4v) is 0. The zero-order valence-corrected chi connectivity index (χ0v) is 10.4. The van der Waals surface area contributed by atoms with E-state index in [1.54, 1.807) is 0 Å². The Balaban J connectivity index is 0. The molecule has 0 fully saturated rings. The van der Waals surface area contributed by atoms with Gasteiger partial charge in [-0.15, -0.1) is 23.2 Å². The van der Waals surface area contributed by atoms with Crippen molar-refractivity contribution in [1.29, 1.82) is 0 Å². The summed E-state index contributed by atoms with van der Waals surface area (Å²) in [5.74, 6) is 1.41. The Morgan fingerprint density at radius 2 is 1.50 bits per heavy atom. The summed E-state index contributed by atoms with van der Waals surface area (Å²) >= 11 is 12.9. The molecule has 0 spiro atoms. The summed E-state index contributed by atoms with van der Waals surface area (Å²) in [5, 5.41) is 0.122. The molecule has 0 aromatic carbocycles. The molecule has 0 radical (unpaired) electrons. The topological polar surface area (TPSA) is 0 Å². The van der Waals surface area contributed by atoms with Crippen LogP contribution in [-0.4, -0.2) is 15.7 Å². The normalized spacial score (nSPS) is 12.3. The van der Waals surface area contributed by atoms with Gasteiger partial charge in [0, 0.05) is 15.7 Å². The monoisotopic (exact) mass is 296 g/mol. The molecule has 1 atom stereocenters. The third-order valence-corrected chi connectivity index (χ3v) is 3.06. The van der Waals surface area contributed by atoms with Gasteiger partial charge >= 0.3 is 0 Å². The fourth-order valence-electron chi connectivity index (χ4n) is 0. The molecule has 10 heavy (non-hydrogen) atoms. The predicted octanol–water partition coefficient (Wildman–Crippen LogP) is 3.93. The first-order chi connectivity index (χ1) is 4.54. The Morgan fingerprint density at radius 1 is 1.30 bits per heavy atom. The number of alkyl halides is 3. The van der Waals surface area contributed by atoms with Crippen molar-refractivity contribution in [3.8, 4) is 0 Å². The second kappa shape index (κ2) is 10.3. The lowest BCUT2D eigenvalue weighted by Gasteiger charge is -1.88. The third-order valence-electron chi connectivity index (χ3n) is 0.521. The highest BCUT2D eigenvalue weighted by molar-refractivity contribution is 14.1. The number of hydrogen-bond donors (Lipinski definition) is 0. The lowest BCUT2D eigenvalue weighted by molar-refractivity contribution is 0.763. The zero-order chi connectivity index (χ0) is 8.57. The Labute approximate surface area is 87.8 Å². The number of halogens is 3. The van der Waals surface area contributed by atoms with E-state index in [2.05, 4.69) is 36.4 Å². The van der Waals surface area contributed by atoms with E-state index in [4.69, 9.17) is 23.2 Å². The molecule has 0 rings (SSSR count). The number of rotatable bonds is 2. The van der Waals surface area contributed by atoms with Crippen molar-refractivity contribution in [3.05, 3.63) is 0 Å². The van der Waals surface area contributed by atoms with Crippen LogP contribution < -0.4 is 0 Å². The number of hydrogen-bond acceptors (Lipinski definition) is 0. The van der Waals surface area contributed by atoms with Crippen LogP contribution in [0.5, 0.6) is 0 Å². The molecule has 0 aliphatic rings. The molecular formula is C7H15Cl2I. The lowest BCUT2D eigenvalue weighted by atomic mass is 10.3. The van der Waals surface area contributed by atoms with Crippen LogP contribution in [0.2, 0.25) is 0 Å². The smallest absolute Gasteiger partial charge is 0.0443 e. The van der Waals surface area contributed by atoms with E-state index in [-0.39, 0.29) is 5.38 Å². The Bertz CT molecular complexity index is 47.6. The van der Waals surface area contributed by atoms with Crippen LogP contribution in [0.3, 0.4) is 0 Å². The van der Waals surface area contributed by atoms with Gasteiger partial charge in [0.05, 0.1) is 0 Å². The standard InChI is InChI=1S/C4H9I.C3H6Cl2/c1-4(2)3-5;1-3(5)2-4/h4H,3H2,1-2H3;3H,2H2,1H3. The largest absolute Gasteiger partial charge is 0.125 e. The van der Waals surface area contributed by atoms with E-state index >= 15 is 0 Å². The quantitative estimate of drug-likeness (QED) is 0.535. The van der Waals surface area contributed by atoms with Crippen LogP contribution in [-0.2, 0) is 0 Å². The maximum Gasteiger partial charge on any atom is 0.0443 e. The van der Waals surface area contributed by atoms with Crippen LogP contribution in [0.1, 0.15) is 20.8 Å². The van der Waals surface area contributed by atoms with E-state index in [0.29, 0.717) is 5.88 Å². The molecule has 0 aliphatic carbocycles. The van der Waals surface area contributed by atoms with Crippen LogP contribution >= 0.6 is 45.8 Å². The van der Waals surface area contributed by atoms with E-state index in [9.17, 15) is 0 Å². The van der Waals surface area contributed by atoms with Crippen molar-refractivity contribution in [3.63, 3.8) is 0 Å². The van der Waals surface area contributed by atoms with Crippen molar-refractivity contribution in [1.82, 2.24) is 0 Å². The van der Waals surface area contributed by atoms with Gasteiger partial charge in [0.1, 0.15) is 0 Å². The van der Waals surface area contributed by atoms with Gasteiger partial charge in [0.15, 0.2) is 0 Å². The summed E-state index contributed by atoms with van der Waals surface area (Å²) in [7, 11) is 0. The molecule has 0 N–H and O–H groups in total. The van der Waals surface area contributed by atoms with Gasteiger partial charge in [-0.2, -0.15) is 0 Å². The summed E-state index contributed by atoms with van der Waals surface area (Å²) in [4.78, 5) is 0. The minimum atomic E-state index is 0.122. The van der Waals surface area contributed by atoms with E-state index < -0.39 is 0 Å². The van der Waals surface area contributed by atoms with Crippen LogP contribution in [0, 0.1) is 5.92 Å². The Hall–Kier alpha value is 1.31. The molecule has 1 unspecified atom stereocenters. The summed E-state index contributed by atoms with van der Waals surface area (Å²) in [6.45, 7) is 6.29. The molecule has 0 saturated carbocycles. The first-order valence-electron chi connectivity index (χ1n) is 3.30.